The molecule has 120 valence electrons. The van der Waals surface area contributed by atoms with Crippen molar-refractivity contribution in [1.82, 2.24) is 5.32 Å². The Kier molecular flexibility index (Phi) is 5.28. The number of anilines is 1. The van der Waals surface area contributed by atoms with E-state index in [4.69, 9.17) is 17.0 Å². The molecule has 1 aromatic rings. The number of hydrogen-bond acceptors (Lipinski definition) is 2. The van der Waals surface area contributed by atoms with Gasteiger partial charge in [0.05, 0.1) is 19.8 Å². The molecule has 2 aliphatic heterocycles. The van der Waals surface area contributed by atoms with Crippen LogP contribution in [0.1, 0.15) is 18.9 Å². The average molecular weight is 320 g/mol. The summed E-state index contributed by atoms with van der Waals surface area (Å²) in [7, 11) is 0. The topological polar surface area (TPSA) is 28.9 Å². The molecule has 2 heterocycles. The molecule has 0 spiro atoms. The second-order valence-corrected chi connectivity index (χ2v) is 6.64. The molecular formula is C17H26N3OS+. The molecule has 0 bridgehead atoms. The fourth-order valence-electron chi connectivity index (χ4n) is 3.40. The van der Waals surface area contributed by atoms with Crippen LogP contribution in [0.15, 0.2) is 24.3 Å². The fraction of sp³-hybridized carbons (Fsp3) is 0.588. The minimum Gasteiger partial charge on any atom is -0.370 e. The quantitative estimate of drug-likeness (QED) is 0.629. The van der Waals surface area contributed by atoms with Crippen molar-refractivity contribution in [3.8, 4) is 0 Å². The van der Waals surface area contributed by atoms with E-state index < -0.39 is 0 Å². The van der Waals surface area contributed by atoms with E-state index in [0.29, 0.717) is 6.04 Å². The molecule has 22 heavy (non-hydrogen) atoms. The van der Waals surface area contributed by atoms with Crippen molar-refractivity contribution in [2.75, 3.05) is 44.3 Å². The van der Waals surface area contributed by atoms with Crippen molar-refractivity contribution in [1.29, 1.82) is 0 Å². The van der Waals surface area contributed by atoms with Crippen molar-refractivity contribution in [3.63, 3.8) is 0 Å². The van der Waals surface area contributed by atoms with Gasteiger partial charge in [0.15, 0.2) is 5.11 Å². The van der Waals surface area contributed by atoms with Crippen molar-refractivity contribution in [2.45, 2.75) is 25.8 Å². The number of quaternary nitrogens is 1. The molecule has 1 atom stereocenters. The molecule has 4 nitrogen and oxygen atoms in total. The van der Waals surface area contributed by atoms with Gasteiger partial charge in [-0.3, -0.25) is 0 Å². The number of hydrogen-bond donors (Lipinski definition) is 2. The highest BCUT2D eigenvalue weighted by atomic mass is 32.1. The molecule has 5 heteroatoms. The highest BCUT2D eigenvalue weighted by molar-refractivity contribution is 7.80. The largest absolute Gasteiger partial charge is 0.370 e. The Bertz CT molecular complexity index is 516. The van der Waals surface area contributed by atoms with E-state index in [9.17, 15) is 0 Å². The molecule has 0 aliphatic carbocycles. The van der Waals surface area contributed by atoms with Gasteiger partial charge in [-0.15, -0.1) is 0 Å². The molecule has 0 saturated carbocycles. The van der Waals surface area contributed by atoms with Crippen molar-refractivity contribution < 1.29 is 9.64 Å². The molecule has 1 fully saturated rings. The van der Waals surface area contributed by atoms with E-state index in [1.165, 1.54) is 17.8 Å². The third kappa shape index (κ3) is 3.59. The first-order valence-corrected chi connectivity index (χ1v) is 8.73. The van der Waals surface area contributed by atoms with Crippen LogP contribution in [-0.2, 0) is 11.2 Å². The molecular weight excluding hydrogens is 294 g/mol. The number of ether oxygens (including phenoxy) is 1. The lowest BCUT2D eigenvalue weighted by Crippen LogP contribution is -3.14. The summed E-state index contributed by atoms with van der Waals surface area (Å²) < 4.78 is 5.39. The first-order chi connectivity index (χ1) is 10.8. The van der Waals surface area contributed by atoms with Gasteiger partial charge in [-0.25, -0.2) is 0 Å². The third-order valence-electron chi connectivity index (χ3n) is 4.61. The Morgan fingerprint density at radius 1 is 1.36 bits per heavy atom. The first-order valence-electron chi connectivity index (χ1n) is 8.32. The van der Waals surface area contributed by atoms with Gasteiger partial charge < -0.3 is 19.9 Å². The van der Waals surface area contributed by atoms with Gasteiger partial charge in [-0.05, 0) is 37.2 Å². The van der Waals surface area contributed by atoms with Crippen LogP contribution in [0.3, 0.4) is 0 Å². The highest BCUT2D eigenvalue weighted by Gasteiger charge is 2.28. The second-order valence-electron chi connectivity index (χ2n) is 6.25. The number of morpholine rings is 1. The summed E-state index contributed by atoms with van der Waals surface area (Å²) in [4.78, 5) is 3.92. The van der Waals surface area contributed by atoms with E-state index >= 15 is 0 Å². The van der Waals surface area contributed by atoms with E-state index in [0.717, 1.165) is 50.8 Å². The predicted molar refractivity (Wildman–Crippen MR) is 93.7 cm³/mol. The lowest BCUT2D eigenvalue weighted by Gasteiger charge is -2.27. The fourth-order valence-corrected chi connectivity index (χ4v) is 3.78. The molecule has 3 rings (SSSR count). The summed E-state index contributed by atoms with van der Waals surface area (Å²) >= 11 is 5.62. The summed E-state index contributed by atoms with van der Waals surface area (Å²) in [6.07, 6.45) is 2.23. The number of thiocarbonyl (C=S) groups is 1. The Labute approximate surface area is 138 Å². The van der Waals surface area contributed by atoms with Crippen LogP contribution >= 0.6 is 12.2 Å². The van der Waals surface area contributed by atoms with Crippen molar-refractivity contribution in [3.05, 3.63) is 29.8 Å². The van der Waals surface area contributed by atoms with Gasteiger partial charge >= 0.3 is 0 Å². The van der Waals surface area contributed by atoms with Crippen LogP contribution in [0.4, 0.5) is 5.69 Å². The number of benzene rings is 1. The van der Waals surface area contributed by atoms with Crippen LogP contribution in [-0.4, -0.2) is 50.5 Å². The first kappa shape index (κ1) is 15.7. The lowest BCUT2D eigenvalue weighted by molar-refractivity contribution is -0.908. The SMILES string of the molecule is C[C@H]1Cc2ccccc2N1C(=S)NCCC[NH+]1CCOCC1. The number of nitrogens with zero attached hydrogens (tertiary/aromatic N) is 1. The zero-order valence-corrected chi connectivity index (χ0v) is 14.1. The zero-order chi connectivity index (χ0) is 15.4. The molecule has 2 N–H and O–H groups in total. The monoisotopic (exact) mass is 320 g/mol. The van der Waals surface area contributed by atoms with Crippen molar-refractivity contribution in [2.24, 2.45) is 0 Å². The summed E-state index contributed by atoms with van der Waals surface area (Å²) in [5, 5.41) is 4.32. The third-order valence-corrected chi connectivity index (χ3v) is 4.95. The Morgan fingerprint density at radius 3 is 2.95 bits per heavy atom. The minimum absolute atomic E-state index is 0.447. The maximum atomic E-state index is 5.62. The summed E-state index contributed by atoms with van der Waals surface area (Å²) in [6.45, 7) is 8.49. The zero-order valence-electron chi connectivity index (χ0n) is 13.3. The maximum Gasteiger partial charge on any atom is 0.173 e. The van der Waals surface area contributed by atoms with Crippen LogP contribution in [0, 0.1) is 0 Å². The van der Waals surface area contributed by atoms with E-state index in [1.807, 2.05) is 0 Å². The number of para-hydroxylation sites is 1. The second kappa shape index (κ2) is 7.40. The summed E-state index contributed by atoms with van der Waals surface area (Å²) in [5.74, 6) is 0. The molecule has 0 aromatic heterocycles. The standard InChI is InChI=1S/C17H25N3OS/c1-14-13-15-5-2-3-6-16(15)20(14)17(22)18-7-4-8-19-9-11-21-12-10-19/h2-3,5-6,14H,4,7-13H2,1H3,(H,18,22)/p+1/t14-/m0/s1. The Morgan fingerprint density at radius 2 is 2.14 bits per heavy atom. The van der Waals surface area contributed by atoms with Crippen LogP contribution < -0.4 is 15.1 Å². The van der Waals surface area contributed by atoms with Crippen molar-refractivity contribution >= 4 is 23.0 Å². The van der Waals surface area contributed by atoms with Gasteiger partial charge in [-0.2, -0.15) is 0 Å². The molecule has 1 saturated heterocycles. The maximum absolute atomic E-state index is 5.62. The molecule has 1 aromatic carbocycles. The Hall–Kier alpha value is -1.17. The smallest absolute Gasteiger partial charge is 0.173 e. The molecule has 0 unspecified atom stereocenters. The Balaban J connectivity index is 1.46. The van der Waals surface area contributed by atoms with Gasteiger partial charge in [0.25, 0.3) is 0 Å². The number of nitrogens with one attached hydrogen (secondary N) is 2. The molecule has 0 amide bonds. The van der Waals surface area contributed by atoms with Crippen LogP contribution in [0.25, 0.3) is 0 Å². The average Bonchev–Trinajstić information content (AvgIpc) is 2.88. The normalized spacial score (nSPS) is 21.7. The van der Waals surface area contributed by atoms with Crippen LogP contribution in [0.2, 0.25) is 0 Å². The highest BCUT2D eigenvalue weighted by Crippen LogP contribution is 2.31. The minimum atomic E-state index is 0.447. The molecule has 2 aliphatic rings. The summed E-state index contributed by atoms with van der Waals surface area (Å²) in [6, 6.07) is 9.02. The molecule has 0 radical (unpaired) electrons. The predicted octanol–water partition coefficient (Wildman–Crippen LogP) is 0.617. The van der Waals surface area contributed by atoms with Gasteiger partial charge in [0.2, 0.25) is 0 Å². The number of rotatable bonds is 4. The van der Waals surface area contributed by atoms with E-state index in [1.54, 1.807) is 4.90 Å². The van der Waals surface area contributed by atoms with E-state index in [2.05, 4.69) is 41.4 Å². The van der Waals surface area contributed by atoms with Gasteiger partial charge in [0, 0.05) is 24.7 Å². The van der Waals surface area contributed by atoms with Gasteiger partial charge in [-0.1, -0.05) is 18.2 Å². The van der Waals surface area contributed by atoms with Gasteiger partial charge in [0.1, 0.15) is 13.1 Å². The van der Waals surface area contributed by atoms with E-state index in [-0.39, 0.29) is 0 Å². The number of fused-ring (bicyclic) bond motifs is 1. The lowest BCUT2D eigenvalue weighted by atomic mass is 10.1. The van der Waals surface area contributed by atoms with Crippen LogP contribution in [0.5, 0.6) is 0 Å². The summed E-state index contributed by atoms with van der Waals surface area (Å²) in [5.41, 5.74) is 2.67.